The largest absolute Gasteiger partial charge is 0.381 e. The summed E-state index contributed by atoms with van der Waals surface area (Å²) in [6.45, 7) is 10.1. The Labute approximate surface area is 75.1 Å². The molecule has 0 aromatic rings. The average molecular weight is 179 g/mol. The first-order valence-electron chi connectivity index (χ1n) is 4.20. The van der Waals surface area contributed by atoms with Gasteiger partial charge >= 0.3 is 0 Å². The highest BCUT2D eigenvalue weighted by molar-refractivity contribution is 6.18. The topological polar surface area (TPSA) is 9.23 Å². The maximum atomic E-state index is 5.86. The minimum absolute atomic E-state index is 0.136. The quantitative estimate of drug-likeness (QED) is 0.589. The van der Waals surface area contributed by atoms with E-state index >= 15 is 0 Å². The van der Waals surface area contributed by atoms with Crippen LogP contribution < -0.4 is 0 Å². The molecular formula is C9H19ClO. The molecule has 0 aliphatic rings. The Kier molecular flexibility index (Phi) is 5.11. The molecular weight excluding hydrogens is 160 g/mol. The van der Waals surface area contributed by atoms with Crippen molar-refractivity contribution in [3.05, 3.63) is 0 Å². The van der Waals surface area contributed by atoms with Gasteiger partial charge in [0.25, 0.3) is 0 Å². The van der Waals surface area contributed by atoms with E-state index in [2.05, 4.69) is 20.8 Å². The minimum atomic E-state index is 0.136. The molecule has 1 unspecified atom stereocenters. The molecule has 0 radical (unpaired) electrons. The lowest BCUT2D eigenvalue weighted by molar-refractivity contribution is 0.0468. The Morgan fingerprint density at radius 2 is 2.00 bits per heavy atom. The number of rotatable bonds is 5. The van der Waals surface area contributed by atoms with Gasteiger partial charge in [-0.05, 0) is 12.8 Å². The summed E-state index contributed by atoms with van der Waals surface area (Å²) in [6.07, 6.45) is 0. The van der Waals surface area contributed by atoms with Gasteiger partial charge < -0.3 is 4.74 Å². The lowest BCUT2D eigenvalue weighted by Crippen LogP contribution is -2.31. The second-order valence-corrected chi connectivity index (χ2v) is 3.85. The molecule has 11 heavy (non-hydrogen) atoms. The van der Waals surface area contributed by atoms with E-state index in [1.165, 1.54) is 0 Å². The molecule has 0 saturated heterocycles. The van der Waals surface area contributed by atoms with Crippen LogP contribution in [-0.2, 0) is 4.74 Å². The third-order valence-electron chi connectivity index (χ3n) is 2.34. The minimum Gasteiger partial charge on any atom is -0.381 e. The average Bonchev–Trinajstić information content (AvgIpc) is 2.00. The zero-order chi connectivity index (χ0) is 8.91. The van der Waals surface area contributed by atoms with E-state index in [0.29, 0.717) is 11.8 Å². The molecule has 0 aliphatic carbocycles. The van der Waals surface area contributed by atoms with Crippen molar-refractivity contribution in [2.75, 3.05) is 19.1 Å². The highest BCUT2D eigenvalue weighted by atomic mass is 35.5. The Morgan fingerprint density at radius 3 is 2.27 bits per heavy atom. The predicted octanol–water partition coefficient (Wildman–Crippen LogP) is 2.92. The van der Waals surface area contributed by atoms with E-state index in [1.54, 1.807) is 0 Å². The van der Waals surface area contributed by atoms with Crippen molar-refractivity contribution in [1.82, 2.24) is 0 Å². The summed E-state index contributed by atoms with van der Waals surface area (Å²) in [7, 11) is 0. The van der Waals surface area contributed by atoms with Gasteiger partial charge in [-0.3, -0.25) is 0 Å². The van der Waals surface area contributed by atoms with Gasteiger partial charge in [0.2, 0.25) is 0 Å². The monoisotopic (exact) mass is 178 g/mol. The van der Waals surface area contributed by atoms with E-state index in [4.69, 9.17) is 16.3 Å². The van der Waals surface area contributed by atoms with Gasteiger partial charge in [0, 0.05) is 17.9 Å². The summed E-state index contributed by atoms with van der Waals surface area (Å²) in [5.41, 5.74) is 0.136. The zero-order valence-corrected chi connectivity index (χ0v) is 8.74. The predicted molar refractivity (Wildman–Crippen MR) is 50.2 cm³/mol. The molecule has 0 aromatic carbocycles. The van der Waals surface area contributed by atoms with Crippen LogP contribution in [0.2, 0.25) is 0 Å². The number of alkyl halides is 1. The molecule has 0 aromatic heterocycles. The fourth-order valence-corrected chi connectivity index (χ4v) is 1.08. The molecule has 0 saturated carbocycles. The first-order valence-corrected chi connectivity index (χ1v) is 4.74. The molecule has 0 N–H and O–H groups in total. The van der Waals surface area contributed by atoms with Crippen molar-refractivity contribution < 1.29 is 4.74 Å². The van der Waals surface area contributed by atoms with Gasteiger partial charge in [-0.1, -0.05) is 20.8 Å². The number of hydrogen-bond acceptors (Lipinski definition) is 1. The SMILES string of the molecule is CCOCC(C)(CCl)C(C)C. The van der Waals surface area contributed by atoms with Crippen LogP contribution in [0.3, 0.4) is 0 Å². The molecule has 0 heterocycles. The third kappa shape index (κ3) is 3.44. The molecule has 0 amide bonds. The molecule has 0 spiro atoms. The summed E-state index contributed by atoms with van der Waals surface area (Å²) < 4.78 is 5.37. The first-order chi connectivity index (χ1) is 5.06. The van der Waals surface area contributed by atoms with Crippen LogP contribution in [0.15, 0.2) is 0 Å². The van der Waals surface area contributed by atoms with Crippen LogP contribution in [0.5, 0.6) is 0 Å². The van der Waals surface area contributed by atoms with E-state index in [9.17, 15) is 0 Å². The summed E-state index contributed by atoms with van der Waals surface area (Å²) >= 11 is 5.86. The van der Waals surface area contributed by atoms with Gasteiger partial charge in [0.05, 0.1) is 6.61 Å². The number of ether oxygens (including phenoxy) is 1. The Morgan fingerprint density at radius 1 is 1.45 bits per heavy atom. The lowest BCUT2D eigenvalue weighted by atomic mass is 9.82. The van der Waals surface area contributed by atoms with Crippen molar-refractivity contribution in [3.63, 3.8) is 0 Å². The fourth-order valence-electron chi connectivity index (χ4n) is 0.695. The van der Waals surface area contributed by atoms with Crippen LogP contribution in [0.25, 0.3) is 0 Å². The van der Waals surface area contributed by atoms with Crippen molar-refractivity contribution in [2.45, 2.75) is 27.7 Å². The molecule has 0 aliphatic heterocycles. The second-order valence-electron chi connectivity index (χ2n) is 3.58. The molecule has 68 valence electrons. The fraction of sp³-hybridized carbons (Fsp3) is 1.00. The van der Waals surface area contributed by atoms with Crippen LogP contribution >= 0.6 is 11.6 Å². The van der Waals surface area contributed by atoms with E-state index in [0.717, 1.165) is 13.2 Å². The summed E-state index contributed by atoms with van der Waals surface area (Å²) in [4.78, 5) is 0. The van der Waals surface area contributed by atoms with Crippen molar-refractivity contribution in [3.8, 4) is 0 Å². The highest BCUT2D eigenvalue weighted by Gasteiger charge is 2.27. The maximum Gasteiger partial charge on any atom is 0.0533 e. The molecule has 0 fully saturated rings. The van der Waals surface area contributed by atoms with Crippen molar-refractivity contribution in [2.24, 2.45) is 11.3 Å². The van der Waals surface area contributed by atoms with Crippen LogP contribution in [-0.4, -0.2) is 19.1 Å². The van der Waals surface area contributed by atoms with Crippen LogP contribution in [0.4, 0.5) is 0 Å². The smallest absolute Gasteiger partial charge is 0.0533 e. The number of halogens is 1. The van der Waals surface area contributed by atoms with Crippen LogP contribution in [0, 0.1) is 11.3 Å². The second kappa shape index (κ2) is 5.00. The van der Waals surface area contributed by atoms with Gasteiger partial charge in [0.1, 0.15) is 0 Å². The molecule has 0 bridgehead atoms. The number of hydrogen-bond donors (Lipinski definition) is 0. The standard InChI is InChI=1S/C9H19ClO/c1-5-11-7-9(4,6-10)8(2)3/h8H,5-7H2,1-4H3. The van der Waals surface area contributed by atoms with Crippen molar-refractivity contribution in [1.29, 1.82) is 0 Å². The van der Waals surface area contributed by atoms with E-state index in [-0.39, 0.29) is 5.41 Å². The first kappa shape index (κ1) is 11.2. The van der Waals surface area contributed by atoms with Gasteiger partial charge in [0.15, 0.2) is 0 Å². The third-order valence-corrected chi connectivity index (χ3v) is 2.95. The Hall–Kier alpha value is 0.250. The van der Waals surface area contributed by atoms with Gasteiger partial charge in [-0.25, -0.2) is 0 Å². The summed E-state index contributed by atoms with van der Waals surface area (Å²) in [5.74, 6) is 1.25. The van der Waals surface area contributed by atoms with Crippen LogP contribution in [0.1, 0.15) is 27.7 Å². The Bertz CT molecular complexity index is 104. The van der Waals surface area contributed by atoms with Gasteiger partial charge in [-0.2, -0.15) is 0 Å². The Balaban J connectivity index is 3.88. The molecule has 1 nitrogen and oxygen atoms in total. The zero-order valence-electron chi connectivity index (χ0n) is 7.98. The molecule has 2 heteroatoms. The van der Waals surface area contributed by atoms with E-state index < -0.39 is 0 Å². The summed E-state index contributed by atoms with van der Waals surface area (Å²) in [5, 5.41) is 0. The normalized spacial score (nSPS) is 16.9. The van der Waals surface area contributed by atoms with Gasteiger partial charge in [-0.15, -0.1) is 11.6 Å². The summed E-state index contributed by atoms with van der Waals surface area (Å²) in [6, 6.07) is 0. The molecule has 1 atom stereocenters. The van der Waals surface area contributed by atoms with Crippen molar-refractivity contribution >= 4 is 11.6 Å². The molecule has 0 rings (SSSR count). The maximum absolute atomic E-state index is 5.86. The van der Waals surface area contributed by atoms with E-state index in [1.807, 2.05) is 6.92 Å². The highest BCUT2D eigenvalue weighted by Crippen LogP contribution is 2.28. The lowest BCUT2D eigenvalue weighted by Gasteiger charge is -2.30.